The molecule has 1 amide bonds. The van der Waals surface area contributed by atoms with Gasteiger partial charge in [0.25, 0.3) is 5.56 Å². The first-order valence-corrected chi connectivity index (χ1v) is 8.82. The van der Waals surface area contributed by atoms with E-state index < -0.39 is 5.91 Å². The molecule has 1 aromatic carbocycles. The molecule has 0 radical (unpaired) electrons. The number of nitrogens with zero attached hydrogens (tertiary/aromatic N) is 3. The van der Waals surface area contributed by atoms with Crippen LogP contribution in [0.15, 0.2) is 23.0 Å². The zero-order valence-electron chi connectivity index (χ0n) is 14.1. The van der Waals surface area contributed by atoms with E-state index in [9.17, 15) is 9.59 Å². The van der Waals surface area contributed by atoms with Gasteiger partial charge in [0.1, 0.15) is 0 Å². The molecular weight excluding hydrogens is 304 g/mol. The SMILES string of the molecule is Cn1c2cccc(C(N)=O)c2c(=O)n1C1CN(C2CCCCC2)C1. The molecule has 1 aliphatic carbocycles. The van der Waals surface area contributed by atoms with Gasteiger partial charge in [0.15, 0.2) is 0 Å². The Morgan fingerprint density at radius 2 is 1.83 bits per heavy atom. The second kappa shape index (κ2) is 5.77. The molecule has 24 heavy (non-hydrogen) atoms. The van der Waals surface area contributed by atoms with Gasteiger partial charge in [-0.15, -0.1) is 0 Å². The summed E-state index contributed by atoms with van der Waals surface area (Å²) in [5.74, 6) is -0.548. The number of rotatable bonds is 3. The van der Waals surface area contributed by atoms with Gasteiger partial charge in [0.05, 0.1) is 22.5 Å². The first kappa shape index (κ1) is 15.4. The monoisotopic (exact) mass is 328 g/mol. The first-order chi connectivity index (χ1) is 11.6. The van der Waals surface area contributed by atoms with Gasteiger partial charge < -0.3 is 5.73 Å². The van der Waals surface area contributed by atoms with Gasteiger partial charge in [-0.3, -0.25) is 19.2 Å². The number of carbonyl (C=O) groups is 1. The second-order valence-corrected chi connectivity index (χ2v) is 7.14. The van der Waals surface area contributed by atoms with Crippen molar-refractivity contribution in [2.24, 2.45) is 12.8 Å². The van der Waals surface area contributed by atoms with Crippen LogP contribution in [0.4, 0.5) is 0 Å². The minimum Gasteiger partial charge on any atom is -0.366 e. The summed E-state index contributed by atoms with van der Waals surface area (Å²) < 4.78 is 3.68. The van der Waals surface area contributed by atoms with E-state index in [2.05, 4.69) is 4.90 Å². The van der Waals surface area contributed by atoms with Crippen molar-refractivity contribution in [2.75, 3.05) is 13.1 Å². The summed E-state index contributed by atoms with van der Waals surface area (Å²) in [6.07, 6.45) is 6.56. The minimum atomic E-state index is -0.548. The molecule has 0 unspecified atom stereocenters. The summed E-state index contributed by atoms with van der Waals surface area (Å²) in [4.78, 5) is 27.1. The van der Waals surface area contributed by atoms with E-state index in [0.717, 1.165) is 18.6 Å². The van der Waals surface area contributed by atoms with Crippen LogP contribution in [-0.2, 0) is 7.05 Å². The fraction of sp³-hybridized carbons (Fsp3) is 0.556. The molecule has 2 fully saturated rings. The second-order valence-electron chi connectivity index (χ2n) is 7.14. The lowest BCUT2D eigenvalue weighted by atomic mass is 9.91. The number of amides is 1. The zero-order valence-corrected chi connectivity index (χ0v) is 14.1. The highest BCUT2D eigenvalue weighted by Gasteiger charge is 2.36. The van der Waals surface area contributed by atoms with Crippen LogP contribution in [0.1, 0.15) is 48.5 Å². The molecule has 2 heterocycles. The first-order valence-electron chi connectivity index (χ1n) is 8.82. The van der Waals surface area contributed by atoms with Gasteiger partial charge in [-0.25, -0.2) is 4.68 Å². The molecule has 2 aliphatic rings. The average Bonchev–Trinajstić information content (AvgIpc) is 2.80. The van der Waals surface area contributed by atoms with E-state index in [0.29, 0.717) is 17.0 Å². The van der Waals surface area contributed by atoms with E-state index in [1.807, 2.05) is 17.8 Å². The van der Waals surface area contributed by atoms with Crippen molar-refractivity contribution >= 4 is 16.8 Å². The molecule has 1 aliphatic heterocycles. The molecule has 0 atom stereocenters. The topological polar surface area (TPSA) is 73.3 Å². The van der Waals surface area contributed by atoms with E-state index in [1.54, 1.807) is 16.8 Å². The Morgan fingerprint density at radius 3 is 2.50 bits per heavy atom. The Bertz CT molecular complexity index is 839. The van der Waals surface area contributed by atoms with E-state index in [4.69, 9.17) is 5.73 Å². The van der Waals surface area contributed by atoms with Crippen LogP contribution in [0, 0.1) is 0 Å². The van der Waals surface area contributed by atoms with Gasteiger partial charge in [0.2, 0.25) is 5.91 Å². The number of hydrogen-bond donors (Lipinski definition) is 1. The maximum absolute atomic E-state index is 12.9. The van der Waals surface area contributed by atoms with Gasteiger partial charge in [-0.1, -0.05) is 25.3 Å². The predicted octanol–water partition coefficient (Wildman–Crippen LogP) is 1.63. The number of primary amides is 1. The molecule has 6 heteroatoms. The number of aryl methyl sites for hydroxylation is 1. The largest absolute Gasteiger partial charge is 0.366 e. The van der Waals surface area contributed by atoms with Gasteiger partial charge >= 0.3 is 0 Å². The Kier molecular flexibility index (Phi) is 3.72. The number of fused-ring (bicyclic) bond motifs is 1. The summed E-state index contributed by atoms with van der Waals surface area (Å²) in [6, 6.07) is 6.14. The summed E-state index contributed by atoms with van der Waals surface area (Å²) in [5.41, 5.74) is 6.43. The number of hydrogen-bond acceptors (Lipinski definition) is 3. The van der Waals surface area contributed by atoms with Crippen molar-refractivity contribution in [3.63, 3.8) is 0 Å². The van der Waals surface area contributed by atoms with Crippen LogP contribution >= 0.6 is 0 Å². The Labute approximate surface area is 140 Å². The third-order valence-electron chi connectivity index (χ3n) is 5.73. The molecule has 4 rings (SSSR count). The summed E-state index contributed by atoms with van der Waals surface area (Å²) >= 11 is 0. The molecule has 6 nitrogen and oxygen atoms in total. The molecular formula is C18H24N4O2. The summed E-state index contributed by atoms with van der Waals surface area (Å²) in [6.45, 7) is 1.83. The Morgan fingerprint density at radius 1 is 1.12 bits per heavy atom. The van der Waals surface area contributed by atoms with Crippen LogP contribution in [-0.4, -0.2) is 39.3 Å². The number of aromatic nitrogens is 2. The third kappa shape index (κ3) is 2.28. The standard InChI is InChI=1S/C18H24N4O2/c1-20-15-9-5-8-14(17(19)23)16(15)18(24)22(20)13-10-21(11-13)12-6-3-2-4-7-12/h5,8-9,12-13H,2-4,6-7,10-11H2,1H3,(H2,19,23). The highest BCUT2D eigenvalue weighted by atomic mass is 16.1. The van der Waals surface area contributed by atoms with Gasteiger partial charge in [0, 0.05) is 26.2 Å². The Balaban J connectivity index is 1.65. The van der Waals surface area contributed by atoms with Crippen molar-refractivity contribution < 1.29 is 4.79 Å². The molecule has 1 saturated carbocycles. The highest BCUT2D eigenvalue weighted by molar-refractivity contribution is 6.05. The zero-order chi connectivity index (χ0) is 16.8. The van der Waals surface area contributed by atoms with Crippen molar-refractivity contribution in [1.29, 1.82) is 0 Å². The molecule has 2 N–H and O–H groups in total. The van der Waals surface area contributed by atoms with E-state index in [-0.39, 0.29) is 11.6 Å². The number of nitrogens with two attached hydrogens (primary N) is 1. The molecule has 128 valence electrons. The highest BCUT2D eigenvalue weighted by Crippen LogP contribution is 2.31. The van der Waals surface area contributed by atoms with E-state index >= 15 is 0 Å². The fourth-order valence-electron chi connectivity index (χ4n) is 4.40. The van der Waals surface area contributed by atoms with Crippen molar-refractivity contribution in [2.45, 2.75) is 44.2 Å². The maximum Gasteiger partial charge on any atom is 0.275 e. The van der Waals surface area contributed by atoms with Crippen molar-refractivity contribution in [1.82, 2.24) is 14.3 Å². The lowest BCUT2D eigenvalue weighted by Crippen LogP contribution is -2.55. The van der Waals surface area contributed by atoms with Crippen LogP contribution < -0.4 is 11.3 Å². The molecule has 2 aromatic rings. The molecule has 1 aromatic heterocycles. The maximum atomic E-state index is 12.9. The third-order valence-corrected chi connectivity index (χ3v) is 5.73. The lowest BCUT2D eigenvalue weighted by molar-refractivity contribution is 0.0303. The number of likely N-dealkylation sites (tertiary alicyclic amines) is 1. The van der Waals surface area contributed by atoms with E-state index in [1.165, 1.54) is 32.1 Å². The van der Waals surface area contributed by atoms with Crippen molar-refractivity contribution in [3.8, 4) is 0 Å². The molecule has 0 spiro atoms. The van der Waals surface area contributed by atoms with Crippen molar-refractivity contribution in [3.05, 3.63) is 34.1 Å². The summed E-state index contributed by atoms with van der Waals surface area (Å²) in [7, 11) is 1.89. The summed E-state index contributed by atoms with van der Waals surface area (Å²) in [5, 5.41) is 0.448. The predicted molar refractivity (Wildman–Crippen MR) is 93.2 cm³/mol. The van der Waals surface area contributed by atoms with Crippen LogP contribution in [0.25, 0.3) is 10.9 Å². The molecule has 0 bridgehead atoms. The van der Waals surface area contributed by atoms with Gasteiger partial charge in [-0.2, -0.15) is 0 Å². The lowest BCUT2D eigenvalue weighted by Gasteiger charge is -2.46. The Hall–Kier alpha value is -2.08. The minimum absolute atomic E-state index is 0.102. The molecule has 1 saturated heterocycles. The number of benzene rings is 1. The quantitative estimate of drug-likeness (QED) is 0.930. The van der Waals surface area contributed by atoms with Crippen LogP contribution in [0.3, 0.4) is 0 Å². The van der Waals surface area contributed by atoms with Gasteiger partial charge in [-0.05, 0) is 25.0 Å². The number of carbonyl (C=O) groups excluding carboxylic acids is 1. The normalized spacial score (nSPS) is 20.4. The smallest absolute Gasteiger partial charge is 0.275 e. The van der Waals surface area contributed by atoms with Crippen LogP contribution in [0.2, 0.25) is 0 Å². The average molecular weight is 328 g/mol. The fourth-order valence-corrected chi connectivity index (χ4v) is 4.40. The van der Waals surface area contributed by atoms with Crippen LogP contribution in [0.5, 0.6) is 0 Å².